The van der Waals surface area contributed by atoms with Crippen LogP contribution in [0.2, 0.25) is 0 Å². The lowest BCUT2D eigenvalue weighted by molar-refractivity contribution is -0.395. The molecular weight excluding hydrogens is 288 g/mol. The number of benzene rings is 1. The molecule has 0 aromatic heterocycles. The highest BCUT2D eigenvalue weighted by molar-refractivity contribution is 5.18. The molecule has 0 radical (unpaired) electrons. The first-order chi connectivity index (χ1) is 10.8. The summed E-state index contributed by atoms with van der Waals surface area (Å²) in [6.45, 7) is 3.48. The van der Waals surface area contributed by atoms with Crippen molar-refractivity contribution in [2.24, 2.45) is 0 Å². The third kappa shape index (κ3) is 3.84. The van der Waals surface area contributed by atoms with Crippen molar-refractivity contribution in [3.63, 3.8) is 0 Å². The van der Waals surface area contributed by atoms with Gasteiger partial charge >= 0.3 is 5.97 Å². The smallest absolute Gasteiger partial charge is 0.312 e. The lowest BCUT2D eigenvalue weighted by atomic mass is 10.2. The second-order valence-corrected chi connectivity index (χ2v) is 5.72. The fourth-order valence-corrected chi connectivity index (χ4v) is 2.12. The molecule has 3 fully saturated rings. The van der Waals surface area contributed by atoms with E-state index in [0.29, 0.717) is 19.8 Å². The van der Waals surface area contributed by atoms with Crippen LogP contribution in [0.3, 0.4) is 0 Å². The highest BCUT2D eigenvalue weighted by atomic mass is 16.9. The Morgan fingerprint density at radius 1 is 0.773 bits per heavy atom. The van der Waals surface area contributed by atoms with Crippen LogP contribution in [0.15, 0.2) is 30.3 Å². The van der Waals surface area contributed by atoms with Crippen molar-refractivity contribution in [1.82, 2.24) is 0 Å². The Morgan fingerprint density at radius 2 is 1.18 bits per heavy atom. The number of hydrogen-bond acceptors (Lipinski definition) is 6. The molecule has 3 unspecified atom stereocenters. The van der Waals surface area contributed by atoms with Gasteiger partial charge in [-0.05, 0) is 0 Å². The van der Waals surface area contributed by atoms with Crippen LogP contribution < -0.4 is 0 Å². The Morgan fingerprint density at radius 3 is 1.55 bits per heavy atom. The number of rotatable bonds is 10. The van der Waals surface area contributed by atoms with Gasteiger partial charge in [0.05, 0.1) is 39.6 Å². The summed E-state index contributed by atoms with van der Waals surface area (Å²) in [5.41, 5.74) is 0.831. The first kappa shape index (κ1) is 14.6. The maximum Gasteiger partial charge on any atom is 0.312 e. The molecule has 22 heavy (non-hydrogen) atoms. The van der Waals surface area contributed by atoms with Crippen LogP contribution in [0.1, 0.15) is 5.56 Å². The van der Waals surface area contributed by atoms with Gasteiger partial charge in [-0.2, -0.15) is 0 Å². The van der Waals surface area contributed by atoms with Crippen LogP contribution in [-0.4, -0.2) is 58.0 Å². The van der Waals surface area contributed by atoms with Crippen molar-refractivity contribution in [1.29, 1.82) is 0 Å². The molecular formula is C16H20O6. The molecule has 4 rings (SSSR count). The topological polar surface area (TPSA) is 65.3 Å². The Balaban J connectivity index is 1.51. The van der Waals surface area contributed by atoms with Crippen LogP contribution in [0, 0.1) is 0 Å². The second-order valence-electron chi connectivity index (χ2n) is 5.72. The van der Waals surface area contributed by atoms with Crippen LogP contribution in [0.5, 0.6) is 0 Å². The van der Waals surface area contributed by atoms with Crippen LogP contribution in [-0.2, 0) is 34.4 Å². The molecule has 6 heteroatoms. The van der Waals surface area contributed by atoms with Crippen molar-refractivity contribution in [3.8, 4) is 0 Å². The van der Waals surface area contributed by atoms with Crippen LogP contribution >= 0.6 is 0 Å². The minimum atomic E-state index is -1.23. The van der Waals surface area contributed by atoms with Gasteiger partial charge in [0.25, 0.3) is 0 Å². The molecule has 0 amide bonds. The van der Waals surface area contributed by atoms with E-state index in [1.807, 2.05) is 30.3 Å². The molecule has 0 aliphatic carbocycles. The van der Waals surface area contributed by atoms with Crippen molar-refractivity contribution in [2.75, 3.05) is 39.6 Å². The maximum absolute atomic E-state index is 6.02. The van der Waals surface area contributed by atoms with Gasteiger partial charge in [0.15, 0.2) is 0 Å². The van der Waals surface area contributed by atoms with E-state index >= 15 is 0 Å². The fraction of sp³-hybridized carbons (Fsp3) is 0.625. The minimum absolute atomic E-state index is 0.129. The quantitative estimate of drug-likeness (QED) is 0.475. The Labute approximate surface area is 129 Å². The lowest BCUT2D eigenvalue weighted by Gasteiger charge is -2.33. The van der Waals surface area contributed by atoms with Crippen LogP contribution in [0.4, 0.5) is 0 Å². The standard InChI is InChI=1S/C16H20O6/c1-2-4-12(5-3-1)16(20-9-13-6-17-13,21-10-14-7-18-14)22-11-15-8-19-15/h1-5,13-15H,6-11H2. The maximum atomic E-state index is 6.02. The van der Waals surface area contributed by atoms with E-state index in [1.165, 1.54) is 0 Å². The average Bonchev–Trinajstić information content (AvgIpc) is 3.39. The van der Waals surface area contributed by atoms with E-state index in [4.69, 9.17) is 28.4 Å². The summed E-state index contributed by atoms with van der Waals surface area (Å²) in [6, 6.07) is 9.71. The molecule has 120 valence electrons. The summed E-state index contributed by atoms with van der Waals surface area (Å²) in [5, 5.41) is 0. The number of hydrogen-bond donors (Lipinski definition) is 0. The lowest BCUT2D eigenvalue weighted by Crippen LogP contribution is -2.39. The molecule has 0 spiro atoms. The third-order valence-electron chi connectivity index (χ3n) is 3.71. The highest BCUT2D eigenvalue weighted by Crippen LogP contribution is 2.33. The third-order valence-corrected chi connectivity index (χ3v) is 3.71. The molecule has 0 bridgehead atoms. The van der Waals surface area contributed by atoms with Crippen LogP contribution in [0.25, 0.3) is 0 Å². The normalized spacial score (nSPS) is 31.5. The summed E-state index contributed by atoms with van der Waals surface area (Å²) in [7, 11) is 0. The summed E-state index contributed by atoms with van der Waals surface area (Å²) in [4.78, 5) is 0. The molecule has 1 aromatic rings. The summed E-state index contributed by atoms with van der Waals surface area (Å²) < 4.78 is 33.7. The largest absolute Gasteiger partial charge is 0.371 e. The van der Waals surface area contributed by atoms with Crippen molar-refractivity contribution >= 4 is 0 Å². The molecule has 3 aliphatic heterocycles. The zero-order valence-electron chi connectivity index (χ0n) is 12.3. The second kappa shape index (κ2) is 6.23. The van der Waals surface area contributed by atoms with Gasteiger partial charge in [-0.1, -0.05) is 30.3 Å². The molecule has 1 aromatic carbocycles. The summed E-state index contributed by atoms with van der Waals surface area (Å²) in [5.74, 6) is -1.23. The zero-order valence-corrected chi connectivity index (χ0v) is 12.3. The minimum Gasteiger partial charge on any atom is -0.371 e. The molecule has 3 aliphatic rings. The van der Waals surface area contributed by atoms with Crippen molar-refractivity contribution in [2.45, 2.75) is 24.3 Å². The summed E-state index contributed by atoms with van der Waals surface area (Å²) in [6.07, 6.45) is 0.388. The first-order valence-electron chi connectivity index (χ1n) is 7.66. The Kier molecular flexibility index (Phi) is 4.13. The summed E-state index contributed by atoms with van der Waals surface area (Å²) >= 11 is 0. The zero-order chi connectivity index (χ0) is 14.8. The molecule has 0 N–H and O–H groups in total. The van der Waals surface area contributed by atoms with E-state index < -0.39 is 5.97 Å². The number of epoxide rings is 3. The van der Waals surface area contributed by atoms with Gasteiger partial charge < -0.3 is 28.4 Å². The first-order valence-corrected chi connectivity index (χ1v) is 7.66. The monoisotopic (exact) mass is 308 g/mol. The predicted molar refractivity (Wildman–Crippen MR) is 75.2 cm³/mol. The van der Waals surface area contributed by atoms with E-state index in [0.717, 1.165) is 25.4 Å². The van der Waals surface area contributed by atoms with Gasteiger partial charge in [-0.15, -0.1) is 0 Å². The molecule has 6 nitrogen and oxygen atoms in total. The average molecular weight is 308 g/mol. The van der Waals surface area contributed by atoms with Gasteiger partial charge in [0.1, 0.15) is 18.3 Å². The van der Waals surface area contributed by atoms with E-state index in [-0.39, 0.29) is 18.3 Å². The molecule has 3 saturated heterocycles. The van der Waals surface area contributed by atoms with Gasteiger partial charge in [-0.3, -0.25) is 0 Å². The SMILES string of the molecule is c1ccc(C(OCC2CO2)(OCC2CO2)OCC2CO2)cc1. The molecule has 0 saturated carbocycles. The van der Waals surface area contributed by atoms with Gasteiger partial charge in [0, 0.05) is 5.56 Å². The van der Waals surface area contributed by atoms with Crippen molar-refractivity contribution in [3.05, 3.63) is 35.9 Å². The van der Waals surface area contributed by atoms with E-state index in [9.17, 15) is 0 Å². The van der Waals surface area contributed by atoms with Gasteiger partial charge in [-0.25, -0.2) is 0 Å². The fourth-order valence-electron chi connectivity index (χ4n) is 2.12. The Bertz CT molecular complexity index is 440. The Hall–Kier alpha value is -1.02. The highest BCUT2D eigenvalue weighted by Gasteiger charge is 2.42. The van der Waals surface area contributed by atoms with Crippen molar-refractivity contribution < 1.29 is 28.4 Å². The predicted octanol–water partition coefficient (Wildman–Crippen LogP) is 1.04. The molecule has 3 atom stereocenters. The number of ether oxygens (including phenoxy) is 6. The molecule has 3 heterocycles. The van der Waals surface area contributed by atoms with E-state index in [1.54, 1.807) is 0 Å². The van der Waals surface area contributed by atoms with E-state index in [2.05, 4.69) is 0 Å². The van der Waals surface area contributed by atoms with Gasteiger partial charge in [0.2, 0.25) is 0 Å².